The Morgan fingerprint density at radius 1 is 1.17 bits per heavy atom. The molecule has 2 unspecified atom stereocenters. The maximum atomic E-state index is 14.6. The van der Waals surface area contributed by atoms with Crippen LogP contribution in [0, 0.1) is 5.82 Å². The first-order valence-corrected chi connectivity index (χ1v) is 15.0. The standard InChI is InChI=1S/C34H39FN4O3/c1-41-17-4-16-39-30-7-2-6-29(35)33(30)37-34(39)27-5-3-15-38(22-27)32(40)21-28(36)19-23-8-10-24(11-9-23)25-12-13-31-26(20-25)14-18-42-31/h2,6-13,20,27-28H,3-5,14-19,21-22,36H2,1H3. The van der Waals surface area contributed by atoms with Gasteiger partial charge in [-0.05, 0) is 72.2 Å². The zero-order valence-electron chi connectivity index (χ0n) is 24.2. The summed E-state index contributed by atoms with van der Waals surface area (Å²) in [6, 6.07) is 19.6. The summed E-state index contributed by atoms with van der Waals surface area (Å²) in [5.74, 6) is 1.64. The lowest BCUT2D eigenvalue weighted by molar-refractivity contribution is -0.132. The molecule has 1 aromatic heterocycles. The topological polar surface area (TPSA) is 82.6 Å². The minimum absolute atomic E-state index is 0.0478. The average molecular weight is 571 g/mol. The molecule has 1 saturated heterocycles. The molecule has 2 atom stereocenters. The van der Waals surface area contributed by atoms with Crippen LogP contribution in [-0.2, 0) is 28.9 Å². The van der Waals surface area contributed by atoms with E-state index >= 15 is 0 Å². The lowest BCUT2D eigenvalue weighted by Crippen LogP contribution is -2.42. The summed E-state index contributed by atoms with van der Waals surface area (Å²) in [5.41, 5.74) is 12.4. The van der Waals surface area contributed by atoms with Crippen molar-refractivity contribution in [3.63, 3.8) is 0 Å². The minimum Gasteiger partial charge on any atom is -0.493 e. The molecular weight excluding hydrogens is 531 g/mol. The number of aryl methyl sites for hydroxylation is 1. The fourth-order valence-corrected chi connectivity index (χ4v) is 6.39. The molecule has 0 bridgehead atoms. The SMILES string of the molecule is COCCCn1c(C2CCCN(C(=O)CC(N)Cc3ccc(-c4ccc5c(c4)CCO5)cc3)C2)nc2c(F)cccc21. The highest BCUT2D eigenvalue weighted by Crippen LogP contribution is 2.32. The van der Waals surface area contributed by atoms with Crippen molar-refractivity contribution in [2.45, 2.75) is 57.0 Å². The fraction of sp³-hybridized carbons (Fsp3) is 0.412. The largest absolute Gasteiger partial charge is 0.493 e. The van der Waals surface area contributed by atoms with Crippen molar-refractivity contribution in [1.29, 1.82) is 0 Å². The number of aromatic nitrogens is 2. The van der Waals surface area contributed by atoms with Crippen molar-refractivity contribution in [3.8, 4) is 16.9 Å². The maximum Gasteiger partial charge on any atom is 0.224 e. The number of fused-ring (bicyclic) bond motifs is 2. The van der Waals surface area contributed by atoms with Crippen LogP contribution in [0.1, 0.15) is 48.6 Å². The van der Waals surface area contributed by atoms with Crippen molar-refractivity contribution in [3.05, 3.63) is 83.4 Å². The normalized spacial score (nSPS) is 17.3. The number of imidazole rings is 1. The van der Waals surface area contributed by atoms with Crippen LogP contribution in [0.4, 0.5) is 4.39 Å². The summed E-state index contributed by atoms with van der Waals surface area (Å²) < 4.78 is 27.6. The number of carbonyl (C=O) groups excluding carboxylic acids is 1. The predicted molar refractivity (Wildman–Crippen MR) is 162 cm³/mol. The lowest BCUT2D eigenvalue weighted by atomic mass is 9.95. The fourth-order valence-electron chi connectivity index (χ4n) is 6.39. The minimum atomic E-state index is -0.316. The van der Waals surface area contributed by atoms with Crippen molar-refractivity contribution in [2.75, 3.05) is 33.4 Å². The third kappa shape index (κ3) is 6.05. The van der Waals surface area contributed by atoms with Gasteiger partial charge in [0.15, 0.2) is 5.82 Å². The van der Waals surface area contributed by atoms with Gasteiger partial charge in [0, 0.05) is 58.2 Å². The molecule has 6 rings (SSSR count). The van der Waals surface area contributed by atoms with E-state index in [0.717, 1.165) is 60.5 Å². The Labute approximate surface area is 246 Å². The Kier molecular flexibility index (Phi) is 8.53. The van der Waals surface area contributed by atoms with Crippen LogP contribution in [0.3, 0.4) is 0 Å². The van der Waals surface area contributed by atoms with Crippen molar-refractivity contribution in [2.24, 2.45) is 5.73 Å². The van der Waals surface area contributed by atoms with Crippen LogP contribution in [0.5, 0.6) is 5.75 Å². The van der Waals surface area contributed by atoms with E-state index in [2.05, 4.69) is 41.0 Å². The third-order valence-corrected chi connectivity index (χ3v) is 8.54. The molecule has 3 aromatic carbocycles. The van der Waals surface area contributed by atoms with Crippen LogP contribution in [0.15, 0.2) is 60.7 Å². The second kappa shape index (κ2) is 12.6. The van der Waals surface area contributed by atoms with Gasteiger partial charge in [-0.15, -0.1) is 0 Å². The van der Waals surface area contributed by atoms with Crippen LogP contribution < -0.4 is 10.5 Å². The quantitative estimate of drug-likeness (QED) is 0.255. The molecule has 0 radical (unpaired) electrons. The number of para-hydroxylation sites is 1. The van der Waals surface area contributed by atoms with Crippen LogP contribution in [-0.4, -0.2) is 59.8 Å². The molecule has 2 aliphatic rings. The second-order valence-electron chi connectivity index (χ2n) is 11.5. The molecule has 2 aliphatic heterocycles. The molecule has 7 nitrogen and oxygen atoms in total. The average Bonchev–Trinajstić information content (AvgIpc) is 3.63. The van der Waals surface area contributed by atoms with Gasteiger partial charge in [0.25, 0.3) is 0 Å². The highest BCUT2D eigenvalue weighted by Gasteiger charge is 2.29. The molecule has 1 fully saturated rings. The molecule has 1 amide bonds. The number of rotatable bonds is 10. The molecule has 4 aromatic rings. The monoisotopic (exact) mass is 570 g/mol. The summed E-state index contributed by atoms with van der Waals surface area (Å²) >= 11 is 0. The Morgan fingerprint density at radius 2 is 2.00 bits per heavy atom. The highest BCUT2D eigenvalue weighted by molar-refractivity contribution is 5.78. The van der Waals surface area contributed by atoms with Crippen LogP contribution in [0.2, 0.25) is 0 Å². The van der Waals surface area contributed by atoms with E-state index in [1.165, 1.54) is 17.2 Å². The molecule has 0 spiro atoms. The van der Waals surface area contributed by atoms with Gasteiger partial charge in [0.1, 0.15) is 17.1 Å². The Bertz CT molecular complexity index is 1550. The Hall–Kier alpha value is -3.75. The molecule has 0 aliphatic carbocycles. The van der Waals surface area contributed by atoms with E-state index in [1.807, 2.05) is 17.0 Å². The van der Waals surface area contributed by atoms with Gasteiger partial charge in [-0.2, -0.15) is 0 Å². The number of ether oxygens (including phenoxy) is 2. The first-order valence-electron chi connectivity index (χ1n) is 15.0. The Morgan fingerprint density at radius 3 is 2.83 bits per heavy atom. The van der Waals surface area contributed by atoms with E-state index in [0.29, 0.717) is 38.2 Å². The number of nitrogens with zero attached hydrogens (tertiary/aromatic N) is 3. The highest BCUT2D eigenvalue weighted by atomic mass is 19.1. The lowest BCUT2D eigenvalue weighted by Gasteiger charge is -2.33. The van der Waals surface area contributed by atoms with Crippen molar-refractivity contribution < 1.29 is 18.7 Å². The van der Waals surface area contributed by atoms with E-state index in [4.69, 9.17) is 20.2 Å². The zero-order valence-corrected chi connectivity index (χ0v) is 24.2. The summed E-state index contributed by atoms with van der Waals surface area (Å²) in [7, 11) is 1.68. The number of hydrogen-bond acceptors (Lipinski definition) is 5. The third-order valence-electron chi connectivity index (χ3n) is 8.54. The molecule has 0 saturated carbocycles. The van der Waals surface area contributed by atoms with E-state index in [-0.39, 0.29) is 30.1 Å². The summed E-state index contributed by atoms with van der Waals surface area (Å²) in [4.78, 5) is 20.0. The number of amides is 1. The van der Waals surface area contributed by atoms with E-state index in [9.17, 15) is 9.18 Å². The first-order chi connectivity index (χ1) is 20.5. The zero-order chi connectivity index (χ0) is 29.1. The first kappa shape index (κ1) is 28.4. The van der Waals surface area contributed by atoms with Crippen molar-refractivity contribution >= 4 is 16.9 Å². The van der Waals surface area contributed by atoms with Gasteiger partial charge in [-0.25, -0.2) is 9.37 Å². The number of halogens is 1. The molecule has 8 heteroatoms. The van der Waals surface area contributed by atoms with Gasteiger partial charge in [0.2, 0.25) is 5.91 Å². The van der Waals surface area contributed by atoms with Crippen molar-refractivity contribution in [1.82, 2.24) is 14.5 Å². The molecular formula is C34H39FN4O3. The second-order valence-corrected chi connectivity index (χ2v) is 11.5. The smallest absolute Gasteiger partial charge is 0.224 e. The van der Waals surface area contributed by atoms with Gasteiger partial charge >= 0.3 is 0 Å². The number of piperidine rings is 1. The molecule has 42 heavy (non-hydrogen) atoms. The summed E-state index contributed by atoms with van der Waals surface area (Å²) in [6.45, 7) is 3.34. The van der Waals surface area contributed by atoms with Gasteiger partial charge in [-0.1, -0.05) is 36.4 Å². The number of likely N-dealkylation sites (tertiary alicyclic amines) is 1. The predicted octanol–water partition coefficient (Wildman–Crippen LogP) is 5.48. The van der Waals surface area contributed by atoms with Gasteiger partial charge in [-0.3, -0.25) is 4.79 Å². The summed E-state index contributed by atoms with van der Waals surface area (Å²) in [6.07, 6.45) is 4.47. The molecule has 2 N–H and O–H groups in total. The number of hydrogen-bond donors (Lipinski definition) is 1. The summed E-state index contributed by atoms with van der Waals surface area (Å²) in [5, 5.41) is 0. The number of nitrogens with two attached hydrogens (primary N) is 1. The van der Waals surface area contributed by atoms with E-state index < -0.39 is 0 Å². The van der Waals surface area contributed by atoms with Crippen LogP contribution in [0.25, 0.3) is 22.2 Å². The van der Waals surface area contributed by atoms with Gasteiger partial charge < -0.3 is 24.7 Å². The number of methoxy groups -OCH3 is 1. The molecule has 220 valence electrons. The number of benzene rings is 3. The molecule has 3 heterocycles. The number of carbonyl (C=O) groups is 1. The Balaban J connectivity index is 1.09. The van der Waals surface area contributed by atoms with E-state index in [1.54, 1.807) is 13.2 Å². The van der Waals surface area contributed by atoms with Gasteiger partial charge in [0.05, 0.1) is 12.1 Å². The van der Waals surface area contributed by atoms with Crippen LogP contribution >= 0.6 is 0 Å². The maximum absolute atomic E-state index is 14.6.